The molecule has 8 heteroatoms. The van der Waals surface area contributed by atoms with Gasteiger partial charge in [-0.2, -0.15) is 0 Å². The van der Waals surface area contributed by atoms with Gasteiger partial charge in [0.1, 0.15) is 5.75 Å². The average Bonchev–Trinajstić information content (AvgIpc) is 3.50. The molecule has 1 aromatic carbocycles. The Balaban J connectivity index is 2.16. The van der Waals surface area contributed by atoms with Crippen LogP contribution in [0.3, 0.4) is 0 Å². The fourth-order valence-corrected chi connectivity index (χ4v) is 3.82. The average molecular weight is 392 g/mol. The summed E-state index contributed by atoms with van der Waals surface area (Å²) in [5, 5.41) is 3.87. The largest absolute Gasteiger partial charge is 0.496 e. The molecule has 2 aliphatic rings. The van der Waals surface area contributed by atoms with Crippen LogP contribution in [-0.4, -0.2) is 50.5 Å². The standard InChI is InChI=1S/C19H24N2O5S/c1-10-16(18(22)26-5)17(20-19(27)21(10)11-6-7-11)12-8-14(24-3)15(25-4)9-13(12)23-2/h8-9,11,17H,6-7H2,1-5H3,(H,20,27)/t17-/m1/s1. The minimum absolute atomic E-state index is 0.331. The molecule has 7 nitrogen and oxygen atoms in total. The summed E-state index contributed by atoms with van der Waals surface area (Å²) in [5.74, 6) is 1.22. The van der Waals surface area contributed by atoms with Gasteiger partial charge in [0.25, 0.3) is 0 Å². The third-order valence-corrected chi connectivity index (χ3v) is 5.21. The number of esters is 1. The maximum absolute atomic E-state index is 12.6. The summed E-state index contributed by atoms with van der Waals surface area (Å²) in [6, 6.07) is 3.34. The molecule has 1 fully saturated rings. The van der Waals surface area contributed by atoms with Crippen LogP contribution in [0.25, 0.3) is 0 Å². The Morgan fingerprint density at radius 3 is 2.19 bits per heavy atom. The molecule has 1 saturated carbocycles. The summed E-state index contributed by atoms with van der Waals surface area (Å²) in [5.41, 5.74) is 2.02. The molecule has 1 aliphatic heterocycles. The van der Waals surface area contributed by atoms with E-state index in [1.807, 2.05) is 11.8 Å². The van der Waals surface area contributed by atoms with Gasteiger partial charge in [-0.15, -0.1) is 0 Å². The molecular formula is C19H24N2O5S. The van der Waals surface area contributed by atoms with Crippen molar-refractivity contribution in [3.05, 3.63) is 29.0 Å². The molecule has 1 aromatic rings. The van der Waals surface area contributed by atoms with Gasteiger partial charge in [0.05, 0.1) is 40.1 Å². The molecule has 146 valence electrons. The van der Waals surface area contributed by atoms with Gasteiger partial charge in [-0.1, -0.05) is 0 Å². The van der Waals surface area contributed by atoms with Crippen LogP contribution in [0.1, 0.15) is 31.4 Å². The van der Waals surface area contributed by atoms with Crippen LogP contribution in [0.4, 0.5) is 0 Å². The second-order valence-corrected chi connectivity index (χ2v) is 6.81. The Kier molecular flexibility index (Phi) is 5.46. The van der Waals surface area contributed by atoms with E-state index in [1.165, 1.54) is 7.11 Å². The van der Waals surface area contributed by atoms with E-state index in [-0.39, 0.29) is 0 Å². The Hall–Kier alpha value is -2.48. The third kappa shape index (κ3) is 3.41. The summed E-state index contributed by atoms with van der Waals surface area (Å²) in [6.45, 7) is 1.90. The van der Waals surface area contributed by atoms with Gasteiger partial charge < -0.3 is 29.2 Å². The van der Waals surface area contributed by atoms with Crippen molar-refractivity contribution in [2.45, 2.75) is 31.8 Å². The van der Waals surface area contributed by atoms with Gasteiger partial charge in [0.15, 0.2) is 16.6 Å². The van der Waals surface area contributed by atoms with Crippen molar-refractivity contribution >= 4 is 23.3 Å². The fraction of sp³-hybridized carbons (Fsp3) is 0.474. The molecule has 1 atom stereocenters. The molecule has 0 unspecified atom stereocenters. The molecule has 27 heavy (non-hydrogen) atoms. The zero-order valence-corrected chi connectivity index (χ0v) is 16.9. The zero-order valence-electron chi connectivity index (χ0n) is 16.1. The SMILES string of the molecule is COC(=O)C1=C(C)N(C2CC2)C(=S)N[C@@H]1c1cc(OC)c(OC)cc1OC. The minimum Gasteiger partial charge on any atom is -0.496 e. The second-order valence-electron chi connectivity index (χ2n) is 6.42. The first-order valence-corrected chi connectivity index (χ1v) is 9.06. The molecule has 0 saturated heterocycles. The predicted octanol–water partition coefficient (Wildman–Crippen LogP) is 2.55. The summed E-state index contributed by atoms with van der Waals surface area (Å²) >= 11 is 5.59. The smallest absolute Gasteiger partial charge is 0.337 e. The van der Waals surface area contributed by atoms with E-state index in [9.17, 15) is 4.79 Å². The van der Waals surface area contributed by atoms with Crippen molar-refractivity contribution in [1.29, 1.82) is 0 Å². The van der Waals surface area contributed by atoms with Crippen molar-refractivity contribution < 1.29 is 23.7 Å². The lowest BCUT2D eigenvalue weighted by Crippen LogP contribution is -2.48. The summed E-state index contributed by atoms with van der Waals surface area (Å²) < 4.78 is 21.4. The van der Waals surface area contributed by atoms with Crippen molar-refractivity contribution in [3.63, 3.8) is 0 Å². The number of thiocarbonyl (C=S) groups is 1. The highest BCUT2D eigenvalue weighted by atomic mass is 32.1. The lowest BCUT2D eigenvalue weighted by atomic mass is 9.93. The van der Waals surface area contributed by atoms with Gasteiger partial charge in [-0.3, -0.25) is 0 Å². The molecule has 1 aliphatic carbocycles. The highest BCUT2D eigenvalue weighted by Gasteiger charge is 2.41. The molecule has 0 bridgehead atoms. The Morgan fingerprint density at radius 2 is 1.67 bits per heavy atom. The van der Waals surface area contributed by atoms with Crippen molar-refractivity contribution in [2.75, 3.05) is 28.4 Å². The van der Waals surface area contributed by atoms with Crippen LogP contribution >= 0.6 is 12.2 Å². The van der Waals surface area contributed by atoms with E-state index in [2.05, 4.69) is 5.32 Å². The Labute approximate surface area is 164 Å². The number of hydrogen-bond donors (Lipinski definition) is 1. The van der Waals surface area contributed by atoms with Crippen LogP contribution < -0.4 is 19.5 Å². The van der Waals surface area contributed by atoms with Crippen LogP contribution in [-0.2, 0) is 9.53 Å². The molecule has 3 rings (SSSR count). The first-order valence-electron chi connectivity index (χ1n) is 8.65. The van der Waals surface area contributed by atoms with Crippen LogP contribution in [0, 0.1) is 0 Å². The molecule has 0 aromatic heterocycles. The number of nitrogens with one attached hydrogen (secondary N) is 1. The highest BCUT2D eigenvalue weighted by Crippen LogP contribution is 2.43. The maximum Gasteiger partial charge on any atom is 0.337 e. The van der Waals surface area contributed by atoms with Crippen LogP contribution in [0.2, 0.25) is 0 Å². The molecule has 0 amide bonds. The number of ether oxygens (including phenoxy) is 4. The lowest BCUT2D eigenvalue weighted by molar-refractivity contribution is -0.136. The quantitative estimate of drug-likeness (QED) is 0.585. The molecule has 0 spiro atoms. The predicted molar refractivity (Wildman–Crippen MR) is 104 cm³/mol. The Morgan fingerprint density at radius 1 is 1.07 bits per heavy atom. The van der Waals surface area contributed by atoms with Gasteiger partial charge >= 0.3 is 5.97 Å². The number of hydrogen-bond acceptors (Lipinski definition) is 6. The third-order valence-electron chi connectivity index (χ3n) is 4.89. The fourth-order valence-electron chi connectivity index (χ4n) is 3.42. The number of allylic oxidation sites excluding steroid dienone is 1. The normalized spacial score (nSPS) is 19.5. The first kappa shape index (κ1) is 19.3. The molecule has 1 N–H and O–H groups in total. The first-order chi connectivity index (χ1) is 13.0. The number of rotatable bonds is 6. The van der Waals surface area contributed by atoms with Gasteiger partial charge in [-0.25, -0.2) is 4.79 Å². The van der Waals surface area contributed by atoms with Crippen molar-refractivity contribution in [3.8, 4) is 17.2 Å². The number of carbonyl (C=O) groups excluding carboxylic acids is 1. The lowest BCUT2D eigenvalue weighted by Gasteiger charge is -2.38. The number of nitrogens with zero attached hydrogens (tertiary/aromatic N) is 1. The summed E-state index contributed by atoms with van der Waals surface area (Å²) in [7, 11) is 6.06. The number of carbonyl (C=O) groups is 1. The van der Waals surface area contributed by atoms with Crippen LogP contribution in [0.5, 0.6) is 17.2 Å². The Bertz CT molecular complexity index is 804. The summed E-state index contributed by atoms with van der Waals surface area (Å²) in [6.07, 6.45) is 2.11. The van der Waals surface area contributed by atoms with E-state index in [1.54, 1.807) is 33.5 Å². The maximum atomic E-state index is 12.6. The van der Waals surface area contributed by atoms with E-state index < -0.39 is 12.0 Å². The van der Waals surface area contributed by atoms with E-state index in [0.29, 0.717) is 39.5 Å². The summed E-state index contributed by atoms with van der Waals surface area (Å²) in [4.78, 5) is 14.7. The van der Waals surface area contributed by atoms with Crippen LogP contribution in [0.15, 0.2) is 23.4 Å². The number of benzene rings is 1. The van der Waals surface area contributed by atoms with E-state index in [4.69, 9.17) is 31.2 Å². The zero-order chi connectivity index (χ0) is 19.7. The minimum atomic E-state index is -0.519. The van der Waals surface area contributed by atoms with Crippen molar-refractivity contribution in [2.24, 2.45) is 0 Å². The van der Waals surface area contributed by atoms with Gasteiger partial charge in [0, 0.05) is 23.4 Å². The highest BCUT2D eigenvalue weighted by molar-refractivity contribution is 7.80. The topological polar surface area (TPSA) is 69.3 Å². The molecule has 0 radical (unpaired) electrons. The van der Waals surface area contributed by atoms with Gasteiger partial charge in [-0.05, 0) is 38.0 Å². The monoisotopic (exact) mass is 392 g/mol. The number of methoxy groups -OCH3 is 4. The van der Waals surface area contributed by atoms with E-state index in [0.717, 1.165) is 18.5 Å². The molecular weight excluding hydrogens is 368 g/mol. The van der Waals surface area contributed by atoms with Gasteiger partial charge in [0.2, 0.25) is 0 Å². The second kappa shape index (κ2) is 7.64. The van der Waals surface area contributed by atoms with E-state index >= 15 is 0 Å². The van der Waals surface area contributed by atoms with Crippen molar-refractivity contribution in [1.82, 2.24) is 10.2 Å². The molecule has 1 heterocycles.